The van der Waals surface area contributed by atoms with Gasteiger partial charge in [0.15, 0.2) is 0 Å². The van der Waals surface area contributed by atoms with Crippen LogP contribution in [0.2, 0.25) is 0 Å². The van der Waals surface area contributed by atoms with Gasteiger partial charge in [-0.25, -0.2) is 0 Å². The van der Waals surface area contributed by atoms with Gasteiger partial charge in [0, 0.05) is 10.9 Å². The summed E-state index contributed by atoms with van der Waals surface area (Å²) in [6, 6.07) is 9.05. The molecule has 1 atom stereocenters. The Bertz CT molecular complexity index is 337. The van der Waals surface area contributed by atoms with E-state index in [0.29, 0.717) is 6.04 Å². The Kier molecular flexibility index (Phi) is 6.07. The third-order valence-corrected chi connectivity index (χ3v) is 3.32. The highest BCUT2D eigenvalue weighted by molar-refractivity contribution is 7.99. The third-order valence-electron chi connectivity index (χ3n) is 2.40. The number of benzene rings is 1. The van der Waals surface area contributed by atoms with E-state index in [-0.39, 0.29) is 0 Å². The molecule has 2 heteroatoms. The zero-order valence-electron chi connectivity index (χ0n) is 9.99. The molecule has 0 spiro atoms. The molecule has 0 bridgehead atoms. The van der Waals surface area contributed by atoms with Gasteiger partial charge < -0.3 is 5.32 Å². The monoisotopic (exact) mass is 233 g/mol. The van der Waals surface area contributed by atoms with Crippen LogP contribution < -0.4 is 5.32 Å². The van der Waals surface area contributed by atoms with Crippen LogP contribution in [-0.4, -0.2) is 12.3 Å². The van der Waals surface area contributed by atoms with Gasteiger partial charge >= 0.3 is 0 Å². The molecule has 0 aliphatic rings. The van der Waals surface area contributed by atoms with Gasteiger partial charge in [-0.3, -0.25) is 0 Å². The lowest BCUT2D eigenvalue weighted by atomic mass is 10.1. The number of hydrogen-bond acceptors (Lipinski definition) is 2. The highest BCUT2D eigenvalue weighted by Gasteiger charge is 2.03. The quantitative estimate of drug-likeness (QED) is 0.596. The molecule has 0 heterocycles. The number of nitrogens with one attached hydrogen (secondary N) is 1. The van der Waals surface area contributed by atoms with Crippen molar-refractivity contribution in [2.45, 2.75) is 31.2 Å². The second kappa shape index (κ2) is 7.38. The molecular weight excluding hydrogens is 214 g/mol. The summed E-state index contributed by atoms with van der Waals surface area (Å²) in [6.07, 6.45) is 6.40. The Morgan fingerprint density at radius 1 is 1.38 bits per heavy atom. The molecule has 0 saturated heterocycles. The lowest BCUT2D eigenvalue weighted by Gasteiger charge is -2.13. The first-order chi connectivity index (χ1) is 7.77. The Morgan fingerprint density at radius 3 is 2.62 bits per heavy atom. The van der Waals surface area contributed by atoms with Crippen molar-refractivity contribution in [1.82, 2.24) is 5.32 Å². The minimum atomic E-state index is 0.423. The maximum atomic E-state index is 5.23. The van der Waals surface area contributed by atoms with Crippen molar-refractivity contribution in [3.05, 3.63) is 29.8 Å². The van der Waals surface area contributed by atoms with Crippen LogP contribution in [0.5, 0.6) is 0 Å². The molecule has 86 valence electrons. The maximum Gasteiger partial charge on any atom is 0.0592 e. The summed E-state index contributed by atoms with van der Waals surface area (Å²) in [5.74, 6) is 3.37. The molecule has 1 rings (SSSR count). The fourth-order valence-corrected chi connectivity index (χ4v) is 2.03. The SMILES string of the molecule is C#CCSc1ccc(C(C)NCCC)cc1. The van der Waals surface area contributed by atoms with Gasteiger partial charge in [0.1, 0.15) is 0 Å². The van der Waals surface area contributed by atoms with Crippen LogP contribution in [0.25, 0.3) is 0 Å². The smallest absolute Gasteiger partial charge is 0.0592 e. The van der Waals surface area contributed by atoms with Crippen molar-refractivity contribution >= 4 is 11.8 Å². The molecule has 0 fully saturated rings. The number of thioether (sulfide) groups is 1. The average molecular weight is 233 g/mol. The summed E-state index contributed by atoms with van der Waals surface area (Å²) < 4.78 is 0. The second-order valence-corrected chi connectivity index (χ2v) is 4.79. The first-order valence-corrected chi connectivity index (χ1v) is 6.66. The van der Waals surface area contributed by atoms with E-state index in [1.165, 1.54) is 16.9 Å². The van der Waals surface area contributed by atoms with Crippen LogP contribution in [0.3, 0.4) is 0 Å². The van der Waals surface area contributed by atoms with Crippen molar-refractivity contribution in [2.24, 2.45) is 0 Å². The first kappa shape index (κ1) is 13.2. The molecule has 0 aliphatic heterocycles. The lowest BCUT2D eigenvalue weighted by molar-refractivity contribution is 0.570. The van der Waals surface area contributed by atoms with E-state index in [2.05, 4.69) is 49.4 Å². The minimum Gasteiger partial charge on any atom is -0.310 e. The zero-order valence-corrected chi connectivity index (χ0v) is 10.8. The highest BCUT2D eigenvalue weighted by atomic mass is 32.2. The molecule has 1 aromatic rings. The molecule has 16 heavy (non-hydrogen) atoms. The predicted octanol–water partition coefficient (Wildman–Crippen LogP) is 3.47. The summed E-state index contributed by atoms with van der Waals surface area (Å²) in [5, 5.41) is 3.47. The van der Waals surface area contributed by atoms with E-state index >= 15 is 0 Å². The normalized spacial score (nSPS) is 12.1. The van der Waals surface area contributed by atoms with Gasteiger partial charge in [0.05, 0.1) is 5.75 Å². The van der Waals surface area contributed by atoms with Crippen LogP contribution in [0.15, 0.2) is 29.2 Å². The van der Waals surface area contributed by atoms with E-state index in [0.717, 1.165) is 12.3 Å². The fourth-order valence-electron chi connectivity index (χ4n) is 1.46. The van der Waals surface area contributed by atoms with Crippen LogP contribution >= 0.6 is 11.8 Å². The van der Waals surface area contributed by atoms with Crippen LogP contribution in [-0.2, 0) is 0 Å². The summed E-state index contributed by atoms with van der Waals surface area (Å²) in [5.41, 5.74) is 1.33. The summed E-state index contributed by atoms with van der Waals surface area (Å²) in [4.78, 5) is 1.24. The van der Waals surface area contributed by atoms with Crippen molar-refractivity contribution in [3.8, 4) is 12.3 Å². The number of hydrogen-bond donors (Lipinski definition) is 1. The molecule has 1 aromatic carbocycles. The third kappa shape index (κ3) is 4.30. The highest BCUT2D eigenvalue weighted by Crippen LogP contribution is 2.20. The van der Waals surface area contributed by atoms with Gasteiger partial charge in [0.2, 0.25) is 0 Å². The minimum absolute atomic E-state index is 0.423. The molecule has 0 aliphatic carbocycles. The van der Waals surface area contributed by atoms with E-state index in [4.69, 9.17) is 6.42 Å². The number of rotatable bonds is 6. The molecule has 0 saturated carbocycles. The van der Waals surface area contributed by atoms with Crippen LogP contribution in [0.1, 0.15) is 31.9 Å². The summed E-state index contributed by atoms with van der Waals surface area (Å²) in [6.45, 7) is 5.44. The molecule has 0 radical (unpaired) electrons. The lowest BCUT2D eigenvalue weighted by Crippen LogP contribution is -2.19. The maximum absolute atomic E-state index is 5.23. The van der Waals surface area contributed by atoms with Gasteiger partial charge in [-0.1, -0.05) is 25.0 Å². The van der Waals surface area contributed by atoms with Gasteiger partial charge in [0.25, 0.3) is 0 Å². The standard InChI is InChI=1S/C14H19NS/c1-4-10-15-12(3)13-6-8-14(9-7-13)16-11-5-2/h2,6-9,12,15H,4,10-11H2,1,3H3. The molecule has 0 amide bonds. The van der Waals surface area contributed by atoms with E-state index < -0.39 is 0 Å². The van der Waals surface area contributed by atoms with Crippen molar-refractivity contribution in [3.63, 3.8) is 0 Å². The largest absolute Gasteiger partial charge is 0.310 e. The van der Waals surface area contributed by atoms with Crippen LogP contribution in [0.4, 0.5) is 0 Å². The first-order valence-electron chi connectivity index (χ1n) is 5.67. The number of terminal acetylenes is 1. The Hall–Kier alpha value is -0.910. The van der Waals surface area contributed by atoms with Gasteiger partial charge in [-0.15, -0.1) is 18.2 Å². The van der Waals surface area contributed by atoms with Crippen LogP contribution in [0, 0.1) is 12.3 Å². The average Bonchev–Trinajstić information content (AvgIpc) is 2.34. The van der Waals surface area contributed by atoms with E-state index in [1.54, 1.807) is 11.8 Å². The second-order valence-electron chi connectivity index (χ2n) is 3.74. The molecule has 1 unspecified atom stereocenters. The fraction of sp³-hybridized carbons (Fsp3) is 0.429. The van der Waals surface area contributed by atoms with Crippen molar-refractivity contribution in [1.29, 1.82) is 0 Å². The molecule has 1 nitrogen and oxygen atoms in total. The van der Waals surface area contributed by atoms with E-state index in [1.807, 2.05) is 0 Å². The Morgan fingerprint density at radius 2 is 2.06 bits per heavy atom. The predicted molar refractivity (Wildman–Crippen MR) is 72.7 cm³/mol. The molecule has 0 aromatic heterocycles. The van der Waals surface area contributed by atoms with Gasteiger partial charge in [-0.2, -0.15) is 0 Å². The molecular formula is C14H19NS. The van der Waals surface area contributed by atoms with Gasteiger partial charge in [-0.05, 0) is 37.6 Å². The Labute approximate surface area is 103 Å². The molecule has 1 N–H and O–H groups in total. The van der Waals surface area contributed by atoms with E-state index in [9.17, 15) is 0 Å². The van der Waals surface area contributed by atoms with Crippen molar-refractivity contribution in [2.75, 3.05) is 12.3 Å². The Balaban J connectivity index is 2.53. The zero-order chi connectivity index (χ0) is 11.8. The van der Waals surface area contributed by atoms with Crippen molar-refractivity contribution < 1.29 is 0 Å². The summed E-state index contributed by atoms with van der Waals surface area (Å²) >= 11 is 1.70. The topological polar surface area (TPSA) is 12.0 Å². The summed E-state index contributed by atoms with van der Waals surface area (Å²) in [7, 11) is 0.